The van der Waals surface area contributed by atoms with Crippen LogP contribution in [0, 0.1) is 11.3 Å². The number of nitrogens with one attached hydrogen (secondary N) is 1. The maximum absolute atomic E-state index is 8.81. The average molecular weight is 606 g/mol. The van der Waals surface area contributed by atoms with Gasteiger partial charge in [-0.05, 0) is 53.0 Å². The fourth-order valence-electron chi connectivity index (χ4n) is 6.21. The topological polar surface area (TPSA) is 62.2 Å². The lowest BCUT2D eigenvalue weighted by molar-refractivity contribution is 0.672. The minimum absolute atomic E-state index is 0.105. The maximum Gasteiger partial charge on any atom is 0.147 e. The predicted octanol–water partition coefficient (Wildman–Crippen LogP) is 10.9. The molecule has 0 spiro atoms. The smallest absolute Gasteiger partial charge is 0.147 e. The summed E-state index contributed by atoms with van der Waals surface area (Å²) in [6.07, 6.45) is 11.2. The summed E-state index contributed by atoms with van der Waals surface area (Å²) in [5.74, 6) is 0.105. The third-order valence-corrected chi connectivity index (χ3v) is 8.68. The van der Waals surface area contributed by atoms with Gasteiger partial charge in [0.15, 0.2) is 0 Å². The summed E-state index contributed by atoms with van der Waals surface area (Å²) < 4.78 is 6.39. The number of furan rings is 1. The molecule has 0 radical (unpaired) electrons. The van der Waals surface area contributed by atoms with Gasteiger partial charge < -0.3 is 9.83 Å². The van der Waals surface area contributed by atoms with E-state index in [1.807, 2.05) is 97.2 Å². The fourth-order valence-corrected chi connectivity index (χ4v) is 6.21. The first-order valence-corrected chi connectivity index (χ1v) is 15.9. The van der Waals surface area contributed by atoms with Crippen molar-refractivity contribution in [3.05, 3.63) is 175 Å². The zero-order valence-electron chi connectivity index (χ0n) is 25.7. The molecule has 5 aromatic carbocycles. The highest BCUT2D eigenvalue weighted by molar-refractivity contribution is 6.18. The third-order valence-electron chi connectivity index (χ3n) is 8.68. The second-order valence-electron chi connectivity index (χ2n) is 11.7. The zero-order chi connectivity index (χ0) is 31.6. The van der Waals surface area contributed by atoms with E-state index in [2.05, 4.69) is 66.8 Å². The molecule has 1 unspecified atom stereocenters. The Morgan fingerprint density at radius 2 is 1.40 bits per heavy atom. The first kappa shape index (κ1) is 28.4. The van der Waals surface area contributed by atoms with Crippen molar-refractivity contribution in [1.82, 2.24) is 4.98 Å². The molecule has 224 valence electrons. The Morgan fingerprint density at radius 3 is 2.17 bits per heavy atom. The molecule has 4 heteroatoms. The highest BCUT2D eigenvalue weighted by Crippen LogP contribution is 2.39. The van der Waals surface area contributed by atoms with Gasteiger partial charge in [0.1, 0.15) is 11.2 Å². The van der Waals surface area contributed by atoms with E-state index < -0.39 is 0 Å². The molecule has 1 N–H and O–H groups in total. The van der Waals surface area contributed by atoms with Crippen LogP contribution < -0.4 is 0 Å². The lowest BCUT2D eigenvalue weighted by Crippen LogP contribution is -2.03. The summed E-state index contributed by atoms with van der Waals surface area (Å²) >= 11 is 0. The Morgan fingerprint density at radius 1 is 0.723 bits per heavy atom. The van der Waals surface area contributed by atoms with Crippen LogP contribution in [0.25, 0.3) is 55.2 Å². The Kier molecular flexibility index (Phi) is 7.44. The molecule has 1 atom stereocenters. The van der Waals surface area contributed by atoms with E-state index in [0.29, 0.717) is 5.71 Å². The van der Waals surface area contributed by atoms with Crippen molar-refractivity contribution in [1.29, 1.82) is 5.41 Å². The van der Waals surface area contributed by atoms with Gasteiger partial charge in [-0.3, -0.25) is 4.99 Å². The van der Waals surface area contributed by atoms with E-state index in [-0.39, 0.29) is 5.92 Å². The number of nitrogens with zero attached hydrogens (tertiary/aromatic N) is 2. The van der Waals surface area contributed by atoms with Gasteiger partial charge in [0.25, 0.3) is 0 Å². The third kappa shape index (κ3) is 5.62. The first-order valence-electron chi connectivity index (χ1n) is 15.9. The van der Waals surface area contributed by atoms with Gasteiger partial charge >= 0.3 is 0 Å². The molecule has 0 saturated heterocycles. The normalized spacial score (nSPS) is 15.1. The monoisotopic (exact) mass is 605 g/mol. The molecule has 4 nitrogen and oxygen atoms in total. The SMILES string of the molecule is N=C(/C=C(\N=CC1C=CC(c2nc3ccccc3c3oc4ccccc4c23)=CC1)c1ccc(-c2ccccc2)cc1)c1ccccc1. The Hall–Kier alpha value is -6.13. The van der Waals surface area contributed by atoms with Gasteiger partial charge in [0.05, 0.1) is 28.0 Å². The molecule has 7 aromatic rings. The van der Waals surface area contributed by atoms with Crippen LogP contribution in [0.2, 0.25) is 0 Å². The summed E-state index contributed by atoms with van der Waals surface area (Å²) in [6.45, 7) is 0. The number of para-hydroxylation sites is 2. The van der Waals surface area contributed by atoms with Crippen LogP contribution >= 0.6 is 0 Å². The predicted molar refractivity (Wildman–Crippen MR) is 196 cm³/mol. The molecular weight excluding hydrogens is 574 g/mol. The molecule has 0 amide bonds. The molecule has 1 aliphatic carbocycles. The molecule has 0 aliphatic heterocycles. The number of fused-ring (bicyclic) bond motifs is 5. The lowest BCUT2D eigenvalue weighted by Gasteiger charge is -2.14. The lowest BCUT2D eigenvalue weighted by atomic mass is 9.93. The van der Waals surface area contributed by atoms with Crippen molar-refractivity contribution in [3.8, 4) is 11.1 Å². The second-order valence-corrected chi connectivity index (χ2v) is 11.7. The van der Waals surface area contributed by atoms with E-state index >= 15 is 0 Å². The summed E-state index contributed by atoms with van der Waals surface area (Å²) in [4.78, 5) is 10.1. The van der Waals surface area contributed by atoms with E-state index in [1.165, 1.54) is 5.56 Å². The largest absolute Gasteiger partial charge is 0.455 e. The number of hydrogen-bond donors (Lipinski definition) is 1. The Balaban J connectivity index is 1.11. The summed E-state index contributed by atoms with van der Waals surface area (Å²) in [5.41, 5.74) is 9.98. The molecule has 2 aromatic heterocycles. The standard InChI is InChI=1S/C43H31N3O/c44-37(32-13-5-2-6-14-32)27-39(33-25-23-31(24-26-33)30-11-3-1-4-12-30)45-28-29-19-21-34(22-20-29)42-41-36-16-8-10-18-40(36)47-43(41)35-15-7-9-17-38(35)46-42/h1-19,21-29,44H,20H2/b39-27-,44-37?,45-28?. The van der Waals surface area contributed by atoms with Crippen molar-refractivity contribution in [2.24, 2.45) is 10.9 Å². The number of benzene rings is 5. The highest BCUT2D eigenvalue weighted by atomic mass is 16.3. The average Bonchev–Trinajstić information content (AvgIpc) is 3.54. The molecule has 47 heavy (non-hydrogen) atoms. The number of pyridine rings is 1. The van der Waals surface area contributed by atoms with E-state index in [4.69, 9.17) is 19.8 Å². The molecule has 1 aliphatic rings. The summed E-state index contributed by atoms with van der Waals surface area (Å²) in [5, 5.41) is 11.9. The van der Waals surface area contributed by atoms with Gasteiger partial charge in [-0.2, -0.15) is 0 Å². The minimum Gasteiger partial charge on any atom is -0.455 e. The van der Waals surface area contributed by atoms with Crippen LogP contribution in [0.3, 0.4) is 0 Å². The quantitative estimate of drug-likeness (QED) is 0.184. The van der Waals surface area contributed by atoms with Crippen molar-refractivity contribution >= 4 is 56.0 Å². The van der Waals surface area contributed by atoms with E-state index in [1.54, 1.807) is 0 Å². The molecular formula is C43H31N3O. The molecule has 2 heterocycles. The maximum atomic E-state index is 8.81. The number of allylic oxidation sites excluding steroid dienone is 5. The molecule has 0 bridgehead atoms. The molecule has 0 fully saturated rings. The molecule has 0 saturated carbocycles. The zero-order valence-corrected chi connectivity index (χ0v) is 25.7. The van der Waals surface area contributed by atoms with Crippen LogP contribution in [0.1, 0.15) is 23.2 Å². The van der Waals surface area contributed by atoms with Crippen LogP contribution in [-0.2, 0) is 0 Å². The van der Waals surface area contributed by atoms with Crippen molar-refractivity contribution < 1.29 is 4.42 Å². The minimum atomic E-state index is 0.105. The summed E-state index contributed by atoms with van der Waals surface area (Å²) in [7, 11) is 0. The van der Waals surface area contributed by atoms with E-state index in [0.717, 1.165) is 72.9 Å². The fraction of sp³-hybridized carbons (Fsp3) is 0.0465. The van der Waals surface area contributed by atoms with Crippen LogP contribution in [0.5, 0.6) is 0 Å². The highest BCUT2D eigenvalue weighted by Gasteiger charge is 2.19. The van der Waals surface area contributed by atoms with Gasteiger partial charge in [0, 0.05) is 28.5 Å². The van der Waals surface area contributed by atoms with Crippen molar-refractivity contribution in [3.63, 3.8) is 0 Å². The van der Waals surface area contributed by atoms with Gasteiger partial charge in [-0.15, -0.1) is 0 Å². The van der Waals surface area contributed by atoms with Gasteiger partial charge in [-0.25, -0.2) is 4.98 Å². The van der Waals surface area contributed by atoms with Gasteiger partial charge in [-0.1, -0.05) is 133 Å². The first-order chi connectivity index (χ1) is 23.2. The number of rotatable bonds is 7. The number of aliphatic imine (C=N–C) groups is 1. The van der Waals surface area contributed by atoms with Crippen molar-refractivity contribution in [2.75, 3.05) is 0 Å². The van der Waals surface area contributed by atoms with Crippen LogP contribution in [-0.4, -0.2) is 16.9 Å². The Bertz CT molecular complexity index is 2380. The number of aromatic nitrogens is 1. The molecule has 8 rings (SSSR count). The van der Waals surface area contributed by atoms with Gasteiger partial charge in [0.2, 0.25) is 0 Å². The number of hydrogen-bond acceptors (Lipinski definition) is 4. The van der Waals surface area contributed by atoms with Crippen LogP contribution in [0.15, 0.2) is 167 Å². The second kappa shape index (κ2) is 12.3. The van der Waals surface area contributed by atoms with Crippen molar-refractivity contribution in [2.45, 2.75) is 6.42 Å². The Labute approximate surface area is 273 Å². The van der Waals surface area contributed by atoms with Crippen LogP contribution in [0.4, 0.5) is 0 Å². The summed E-state index contributed by atoms with van der Waals surface area (Å²) in [6, 6.07) is 44.9. The van der Waals surface area contributed by atoms with E-state index in [9.17, 15) is 0 Å².